The number of carbonyl (C=O) groups excluding carboxylic acids is 1. The SMILES string of the molecule is O=C(O)C1C2CCC(CC2)C1C(=O)N1CCN(c2ccc(F)cc2)CC1. The van der Waals surface area contributed by atoms with Gasteiger partial charge in [-0.25, -0.2) is 4.39 Å². The minimum absolute atomic E-state index is 0.0329. The normalized spacial score (nSPS) is 31.1. The molecule has 3 aliphatic carbocycles. The number of piperazine rings is 1. The molecule has 1 amide bonds. The van der Waals surface area contributed by atoms with Crippen LogP contribution < -0.4 is 4.90 Å². The minimum atomic E-state index is -0.803. The van der Waals surface area contributed by atoms with E-state index in [1.165, 1.54) is 12.1 Å². The average Bonchev–Trinajstić information content (AvgIpc) is 2.68. The van der Waals surface area contributed by atoms with Gasteiger partial charge in [0.15, 0.2) is 0 Å². The summed E-state index contributed by atoms with van der Waals surface area (Å²) in [6, 6.07) is 6.41. The van der Waals surface area contributed by atoms with Crippen LogP contribution in [0.3, 0.4) is 0 Å². The molecule has 2 bridgehead atoms. The number of hydrogen-bond acceptors (Lipinski definition) is 3. The Morgan fingerprint density at radius 1 is 0.885 bits per heavy atom. The van der Waals surface area contributed by atoms with E-state index in [2.05, 4.69) is 4.90 Å². The summed E-state index contributed by atoms with van der Waals surface area (Å²) in [7, 11) is 0. The van der Waals surface area contributed by atoms with Crippen molar-refractivity contribution in [3.8, 4) is 0 Å². The van der Waals surface area contributed by atoms with E-state index in [0.29, 0.717) is 26.2 Å². The number of carbonyl (C=O) groups is 2. The van der Waals surface area contributed by atoms with Gasteiger partial charge >= 0.3 is 5.97 Å². The van der Waals surface area contributed by atoms with Gasteiger partial charge in [-0.15, -0.1) is 0 Å². The average molecular weight is 360 g/mol. The monoisotopic (exact) mass is 360 g/mol. The second-order valence-corrected chi connectivity index (χ2v) is 7.85. The number of aliphatic carboxylic acids is 1. The highest BCUT2D eigenvalue weighted by molar-refractivity contribution is 5.86. The van der Waals surface area contributed by atoms with Crippen LogP contribution >= 0.6 is 0 Å². The molecule has 6 heteroatoms. The van der Waals surface area contributed by atoms with Crippen LogP contribution in [0.5, 0.6) is 0 Å². The third-order valence-corrected chi connectivity index (χ3v) is 6.57. The van der Waals surface area contributed by atoms with Crippen molar-refractivity contribution in [3.63, 3.8) is 0 Å². The highest BCUT2D eigenvalue weighted by atomic mass is 19.1. The lowest BCUT2D eigenvalue weighted by molar-refractivity contribution is -0.162. The summed E-state index contributed by atoms with van der Waals surface area (Å²) in [5.74, 6) is -1.50. The van der Waals surface area contributed by atoms with Crippen molar-refractivity contribution < 1.29 is 19.1 Å². The van der Waals surface area contributed by atoms with Crippen molar-refractivity contribution in [3.05, 3.63) is 30.1 Å². The van der Waals surface area contributed by atoms with Crippen LogP contribution in [-0.2, 0) is 9.59 Å². The summed E-state index contributed by atoms with van der Waals surface area (Å²) in [5.41, 5.74) is 0.957. The fraction of sp³-hybridized carbons (Fsp3) is 0.600. The van der Waals surface area contributed by atoms with Crippen molar-refractivity contribution in [1.29, 1.82) is 0 Å². The fourth-order valence-electron chi connectivity index (χ4n) is 5.21. The third-order valence-electron chi connectivity index (χ3n) is 6.57. The largest absolute Gasteiger partial charge is 0.481 e. The van der Waals surface area contributed by atoms with E-state index in [9.17, 15) is 19.1 Å². The minimum Gasteiger partial charge on any atom is -0.481 e. The number of rotatable bonds is 3. The van der Waals surface area contributed by atoms with E-state index in [4.69, 9.17) is 0 Å². The molecule has 0 spiro atoms. The smallest absolute Gasteiger partial charge is 0.307 e. The molecule has 4 fully saturated rings. The molecule has 0 aromatic heterocycles. The standard InChI is InChI=1S/C20H25FN2O3/c21-15-5-7-16(8-6-15)22-9-11-23(12-10-22)19(24)17-13-1-3-14(4-2-13)18(17)20(25)26/h5-8,13-14,17-18H,1-4,9-12H2,(H,25,26). The van der Waals surface area contributed by atoms with E-state index in [-0.39, 0.29) is 29.5 Å². The molecule has 1 saturated heterocycles. The lowest BCUT2D eigenvalue weighted by Gasteiger charge is -2.48. The Morgan fingerprint density at radius 2 is 1.42 bits per heavy atom. The number of hydrogen-bond donors (Lipinski definition) is 1. The predicted octanol–water partition coefficient (Wildman–Crippen LogP) is 2.61. The number of anilines is 1. The summed E-state index contributed by atoms with van der Waals surface area (Å²) in [6.07, 6.45) is 3.87. The first-order chi connectivity index (χ1) is 12.5. The Hall–Kier alpha value is -2.11. The number of benzene rings is 1. The van der Waals surface area contributed by atoms with Gasteiger partial charge in [0.25, 0.3) is 0 Å². The van der Waals surface area contributed by atoms with Gasteiger partial charge < -0.3 is 14.9 Å². The summed E-state index contributed by atoms with van der Waals surface area (Å²) in [5, 5.41) is 9.68. The first-order valence-corrected chi connectivity index (χ1v) is 9.56. The van der Waals surface area contributed by atoms with Crippen molar-refractivity contribution in [2.45, 2.75) is 25.7 Å². The number of nitrogens with zero attached hydrogens (tertiary/aromatic N) is 2. The zero-order valence-electron chi connectivity index (χ0n) is 14.8. The van der Waals surface area contributed by atoms with Crippen LogP contribution in [0.4, 0.5) is 10.1 Å². The van der Waals surface area contributed by atoms with Gasteiger partial charge in [0, 0.05) is 31.9 Å². The van der Waals surface area contributed by atoms with Crippen LogP contribution in [-0.4, -0.2) is 48.1 Å². The zero-order chi connectivity index (χ0) is 18.3. The molecule has 1 aromatic rings. The maximum atomic E-state index is 13.1. The van der Waals surface area contributed by atoms with E-state index in [0.717, 1.165) is 31.4 Å². The van der Waals surface area contributed by atoms with E-state index in [1.807, 2.05) is 4.90 Å². The summed E-state index contributed by atoms with van der Waals surface area (Å²) in [6.45, 7) is 2.57. The van der Waals surface area contributed by atoms with Crippen LogP contribution in [0.2, 0.25) is 0 Å². The van der Waals surface area contributed by atoms with E-state index in [1.54, 1.807) is 12.1 Å². The molecular formula is C20H25FN2O3. The molecule has 3 saturated carbocycles. The van der Waals surface area contributed by atoms with Gasteiger partial charge in [-0.2, -0.15) is 0 Å². The van der Waals surface area contributed by atoms with Gasteiger partial charge in [0.2, 0.25) is 5.91 Å². The lowest BCUT2D eigenvalue weighted by Crippen LogP contribution is -2.56. The van der Waals surface area contributed by atoms with E-state index >= 15 is 0 Å². The molecule has 4 aliphatic rings. The third kappa shape index (κ3) is 3.06. The molecule has 5 rings (SSSR count). The number of carboxylic acids is 1. The van der Waals surface area contributed by atoms with Crippen molar-refractivity contribution in [1.82, 2.24) is 4.90 Å². The second kappa shape index (κ2) is 6.89. The topological polar surface area (TPSA) is 60.9 Å². The summed E-state index contributed by atoms with van der Waals surface area (Å²) < 4.78 is 13.1. The van der Waals surface area contributed by atoms with Crippen LogP contribution in [0.25, 0.3) is 0 Å². The zero-order valence-corrected chi connectivity index (χ0v) is 14.8. The molecule has 2 atom stereocenters. The molecule has 26 heavy (non-hydrogen) atoms. The predicted molar refractivity (Wildman–Crippen MR) is 95.3 cm³/mol. The molecule has 1 heterocycles. The lowest BCUT2D eigenvalue weighted by atomic mass is 9.58. The van der Waals surface area contributed by atoms with Crippen molar-refractivity contribution in [2.75, 3.05) is 31.1 Å². The molecule has 0 radical (unpaired) electrons. The fourth-order valence-corrected chi connectivity index (χ4v) is 5.21. The molecule has 1 aromatic carbocycles. The molecule has 1 N–H and O–H groups in total. The molecule has 2 unspecified atom stereocenters. The van der Waals surface area contributed by atoms with Crippen LogP contribution in [0.1, 0.15) is 25.7 Å². The van der Waals surface area contributed by atoms with Gasteiger partial charge in [-0.3, -0.25) is 9.59 Å². The number of carboxylic acid groups (broad SMARTS) is 1. The summed E-state index contributed by atoms with van der Waals surface area (Å²) in [4.78, 5) is 28.9. The Bertz CT molecular complexity index is 677. The van der Waals surface area contributed by atoms with Crippen LogP contribution in [0, 0.1) is 29.5 Å². The molecular weight excluding hydrogens is 335 g/mol. The maximum absolute atomic E-state index is 13.1. The molecule has 140 valence electrons. The molecule has 1 aliphatic heterocycles. The maximum Gasteiger partial charge on any atom is 0.307 e. The Kier molecular flexibility index (Phi) is 4.59. The number of fused-ring (bicyclic) bond motifs is 3. The molecule has 5 nitrogen and oxygen atoms in total. The second-order valence-electron chi connectivity index (χ2n) is 7.85. The Labute approximate surface area is 152 Å². The highest BCUT2D eigenvalue weighted by Crippen LogP contribution is 2.49. The highest BCUT2D eigenvalue weighted by Gasteiger charge is 2.51. The Balaban J connectivity index is 1.43. The van der Waals surface area contributed by atoms with E-state index < -0.39 is 11.9 Å². The van der Waals surface area contributed by atoms with Gasteiger partial charge in [-0.1, -0.05) is 0 Å². The first-order valence-electron chi connectivity index (χ1n) is 9.56. The number of halogens is 1. The first kappa shape index (κ1) is 17.3. The van der Waals surface area contributed by atoms with Crippen molar-refractivity contribution in [2.24, 2.45) is 23.7 Å². The van der Waals surface area contributed by atoms with Gasteiger partial charge in [0.05, 0.1) is 11.8 Å². The number of amides is 1. The van der Waals surface area contributed by atoms with Gasteiger partial charge in [0.1, 0.15) is 5.82 Å². The summed E-state index contributed by atoms with van der Waals surface area (Å²) >= 11 is 0. The quantitative estimate of drug-likeness (QED) is 0.900. The van der Waals surface area contributed by atoms with Gasteiger partial charge in [-0.05, 0) is 61.8 Å². The van der Waals surface area contributed by atoms with Crippen LogP contribution in [0.15, 0.2) is 24.3 Å². The van der Waals surface area contributed by atoms with Crippen molar-refractivity contribution >= 4 is 17.6 Å². The Morgan fingerprint density at radius 3 is 1.96 bits per heavy atom.